The van der Waals surface area contributed by atoms with E-state index >= 15 is 0 Å². The molecule has 2 aromatic carbocycles. The second-order valence-corrected chi connectivity index (χ2v) is 5.09. The first-order chi connectivity index (χ1) is 9.72. The van der Waals surface area contributed by atoms with Gasteiger partial charge in [-0.2, -0.15) is 0 Å². The van der Waals surface area contributed by atoms with E-state index in [1.807, 2.05) is 61.5 Å². The molecule has 1 amide bonds. The third-order valence-electron chi connectivity index (χ3n) is 3.23. The number of amides is 1. The lowest BCUT2D eigenvalue weighted by Crippen LogP contribution is -2.32. The number of rotatable bonds is 5. The molecular formula is C17H18ClNO. The Morgan fingerprint density at radius 2 is 1.70 bits per heavy atom. The summed E-state index contributed by atoms with van der Waals surface area (Å²) in [6, 6.07) is 17.6. The number of hydrogen-bond donors (Lipinski definition) is 0. The Morgan fingerprint density at radius 3 is 2.35 bits per heavy atom. The number of alkyl halides is 1. The summed E-state index contributed by atoms with van der Waals surface area (Å²) in [6.07, 6.45) is 0. The van der Waals surface area contributed by atoms with Crippen molar-refractivity contribution in [3.63, 3.8) is 0 Å². The summed E-state index contributed by atoms with van der Waals surface area (Å²) in [6.45, 7) is 3.08. The maximum absolute atomic E-state index is 12.6. The van der Waals surface area contributed by atoms with Gasteiger partial charge < -0.3 is 4.90 Å². The molecule has 2 rings (SSSR count). The number of benzene rings is 2. The molecule has 20 heavy (non-hydrogen) atoms. The molecule has 0 N–H and O–H groups in total. The van der Waals surface area contributed by atoms with Crippen LogP contribution in [-0.2, 0) is 6.54 Å². The lowest BCUT2D eigenvalue weighted by atomic mass is 10.1. The van der Waals surface area contributed by atoms with E-state index in [1.54, 1.807) is 4.90 Å². The van der Waals surface area contributed by atoms with Crippen LogP contribution in [0, 0.1) is 6.92 Å². The van der Waals surface area contributed by atoms with E-state index in [4.69, 9.17) is 11.6 Å². The van der Waals surface area contributed by atoms with Crippen molar-refractivity contribution in [2.45, 2.75) is 13.5 Å². The normalized spacial score (nSPS) is 10.3. The van der Waals surface area contributed by atoms with Gasteiger partial charge in [-0.1, -0.05) is 48.5 Å². The maximum atomic E-state index is 12.6. The van der Waals surface area contributed by atoms with Gasteiger partial charge in [0, 0.05) is 24.5 Å². The molecule has 0 heterocycles. The first kappa shape index (κ1) is 14.6. The zero-order valence-corrected chi connectivity index (χ0v) is 12.3. The maximum Gasteiger partial charge on any atom is 0.254 e. The fourth-order valence-corrected chi connectivity index (χ4v) is 2.35. The van der Waals surface area contributed by atoms with Crippen LogP contribution >= 0.6 is 11.6 Å². The lowest BCUT2D eigenvalue weighted by Gasteiger charge is -2.22. The number of halogens is 1. The quantitative estimate of drug-likeness (QED) is 0.764. The van der Waals surface area contributed by atoms with Gasteiger partial charge in [0.15, 0.2) is 0 Å². The van der Waals surface area contributed by atoms with Crippen LogP contribution in [0.3, 0.4) is 0 Å². The fraction of sp³-hybridized carbons (Fsp3) is 0.235. The Balaban J connectivity index is 2.20. The highest BCUT2D eigenvalue weighted by molar-refractivity contribution is 6.18. The minimum atomic E-state index is 0.0348. The summed E-state index contributed by atoms with van der Waals surface area (Å²) in [5.74, 6) is 0.470. The lowest BCUT2D eigenvalue weighted by molar-refractivity contribution is 0.0753. The molecule has 0 radical (unpaired) electrons. The Morgan fingerprint density at radius 1 is 1.05 bits per heavy atom. The average Bonchev–Trinajstić information content (AvgIpc) is 2.48. The first-order valence-electron chi connectivity index (χ1n) is 6.67. The van der Waals surface area contributed by atoms with Crippen molar-refractivity contribution >= 4 is 17.5 Å². The Hall–Kier alpha value is -1.80. The van der Waals surface area contributed by atoms with E-state index < -0.39 is 0 Å². The monoisotopic (exact) mass is 287 g/mol. The molecule has 0 aromatic heterocycles. The molecule has 0 aliphatic rings. The van der Waals surface area contributed by atoms with Gasteiger partial charge in [-0.15, -0.1) is 11.6 Å². The molecule has 2 nitrogen and oxygen atoms in total. The highest BCUT2D eigenvalue weighted by Crippen LogP contribution is 2.13. The van der Waals surface area contributed by atoms with Gasteiger partial charge in [0.05, 0.1) is 0 Å². The van der Waals surface area contributed by atoms with Crippen LogP contribution in [0.15, 0.2) is 54.6 Å². The van der Waals surface area contributed by atoms with Crippen LogP contribution in [0.25, 0.3) is 0 Å². The molecule has 0 spiro atoms. The van der Waals surface area contributed by atoms with Crippen LogP contribution in [0.2, 0.25) is 0 Å². The molecule has 0 saturated heterocycles. The Bertz CT molecular complexity index is 568. The van der Waals surface area contributed by atoms with E-state index in [0.717, 1.165) is 16.7 Å². The van der Waals surface area contributed by atoms with Crippen LogP contribution in [0.5, 0.6) is 0 Å². The van der Waals surface area contributed by atoms with Gasteiger partial charge in [-0.05, 0) is 24.1 Å². The zero-order valence-electron chi connectivity index (χ0n) is 11.6. The van der Waals surface area contributed by atoms with Gasteiger partial charge in [0.25, 0.3) is 5.91 Å². The predicted octanol–water partition coefficient (Wildman–Crippen LogP) is 3.88. The van der Waals surface area contributed by atoms with Gasteiger partial charge >= 0.3 is 0 Å². The van der Waals surface area contributed by atoms with Crippen LogP contribution < -0.4 is 0 Å². The predicted molar refractivity (Wildman–Crippen MR) is 83.1 cm³/mol. The number of hydrogen-bond acceptors (Lipinski definition) is 1. The molecule has 0 fully saturated rings. The average molecular weight is 288 g/mol. The zero-order chi connectivity index (χ0) is 14.4. The first-order valence-corrected chi connectivity index (χ1v) is 7.20. The minimum Gasteiger partial charge on any atom is -0.333 e. The number of aryl methyl sites for hydroxylation is 1. The summed E-state index contributed by atoms with van der Waals surface area (Å²) < 4.78 is 0. The van der Waals surface area contributed by atoms with E-state index in [-0.39, 0.29) is 5.91 Å². The van der Waals surface area contributed by atoms with Crippen molar-refractivity contribution < 1.29 is 4.79 Å². The van der Waals surface area contributed by atoms with Gasteiger partial charge in [-0.3, -0.25) is 4.79 Å². The Kier molecular flexibility index (Phi) is 5.19. The van der Waals surface area contributed by atoms with Crippen LogP contribution in [0.4, 0.5) is 0 Å². The molecule has 0 aliphatic carbocycles. The minimum absolute atomic E-state index is 0.0348. The number of carbonyl (C=O) groups excluding carboxylic acids is 1. The summed E-state index contributed by atoms with van der Waals surface area (Å²) in [5.41, 5.74) is 2.85. The van der Waals surface area contributed by atoms with Gasteiger partial charge in [0.2, 0.25) is 0 Å². The Labute approximate surface area is 125 Å². The summed E-state index contributed by atoms with van der Waals surface area (Å²) in [5, 5.41) is 0. The van der Waals surface area contributed by atoms with Crippen molar-refractivity contribution in [3.05, 3.63) is 71.3 Å². The molecule has 0 atom stereocenters. The van der Waals surface area contributed by atoms with Crippen molar-refractivity contribution in [1.29, 1.82) is 0 Å². The fourth-order valence-electron chi connectivity index (χ4n) is 2.14. The molecule has 0 bridgehead atoms. The van der Waals surface area contributed by atoms with Gasteiger partial charge in [0.1, 0.15) is 0 Å². The molecule has 2 aromatic rings. The van der Waals surface area contributed by atoms with Crippen molar-refractivity contribution in [2.24, 2.45) is 0 Å². The highest BCUT2D eigenvalue weighted by atomic mass is 35.5. The summed E-state index contributed by atoms with van der Waals surface area (Å²) >= 11 is 5.84. The van der Waals surface area contributed by atoms with E-state index in [1.165, 1.54) is 0 Å². The topological polar surface area (TPSA) is 20.3 Å². The molecular weight excluding hydrogens is 270 g/mol. The van der Waals surface area contributed by atoms with Crippen LogP contribution in [0.1, 0.15) is 21.5 Å². The SMILES string of the molecule is Cc1ccccc1C(=O)N(CCCl)Cc1ccccc1. The molecule has 0 aliphatic heterocycles. The van der Waals surface area contributed by atoms with Crippen LogP contribution in [-0.4, -0.2) is 23.2 Å². The van der Waals surface area contributed by atoms with Gasteiger partial charge in [-0.25, -0.2) is 0 Å². The third-order valence-corrected chi connectivity index (χ3v) is 3.40. The summed E-state index contributed by atoms with van der Waals surface area (Å²) in [7, 11) is 0. The molecule has 0 unspecified atom stereocenters. The molecule has 0 saturated carbocycles. The second-order valence-electron chi connectivity index (χ2n) is 4.72. The largest absolute Gasteiger partial charge is 0.333 e. The van der Waals surface area contributed by atoms with Crippen molar-refractivity contribution in [3.8, 4) is 0 Å². The molecule has 104 valence electrons. The number of nitrogens with zero attached hydrogens (tertiary/aromatic N) is 1. The molecule has 3 heteroatoms. The summed E-state index contributed by atoms with van der Waals surface area (Å²) in [4.78, 5) is 14.4. The standard InChI is InChI=1S/C17H18ClNO/c1-14-7-5-6-10-16(14)17(20)19(12-11-18)13-15-8-3-2-4-9-15/h2-10H,11-13H2,1H3. The smallest absolute Gasteiger partial charge is 0.254 e. The van der Waals surface area contributed by atoms with E-state index in [9.17, 15) is 4.79 Å². The number of carbonyl (C=O) groups is 1. The van der Waals surface area contributed by atoms with Crippen molar-refractivity contribution in [2.75, 3.05) is 12.4 Å². The van der Waals surface area contributed by atoms with Crippen molar-refractivity contribution in [1.82, 2.24) is 4.90 Å². The van der Waals surface area contributed by atoms with E-state index in [2.05, 4.69) is 0 Å². The second kappa shape index (κ2) is 7.11. The highest BCUT2D eigenvalue weighted by Gasteiger charge is 2.17. The van der Waals surface area contributed by atoms with E-state index in [0.29, 0.717) is 19.0 Å². The third kappa shape index (κ3) is 3.61.